The SMILES string of the molecule is NC(=NCc1ccc(S(N)(=O)=O)cc1)C1CC1. The van der Waals surface area contributed by atoms with Crippen LogP contribution in [-0.2, 0) is 16.6 Å². The summed E-state index contributed by atoms with van der Waals surface area (Å²) in [6.07, 6.45) is 2.25. The predicted molar refractivity (Wildman–Crippen MR) is 65.9 cm³/mol. The van der Waals surface area contributed by atoms with Crippen LogP contribution in [0, 0.1) is 5.92 Å². The highest BCUT2D eigenvalue weighted by atomic mass is 32.2. The van der Waals surface area contributed by atoms with E-state index in [2.05, 4.69) is 4.99 Å². The molecule has 1 aliphatic carbocycles. The van der Waals surface area contributed by atoms with Crippen molar-refractivity contribution < 1.29 is 8.42 Å². The highest BCUT2D eigenvalue weighted by Gasteiger charge is 2.25. The lowest BCUT2D eigenvalue weighted by atomic mass is 10.2. The average molecular weight is 253 g/mol. The number of amidine groups is 1. The molecule has 1 aromatic carbocycles. The van der Waals surface area contributed by atoms with Crippen molar-refractivity contribution >= 4 is 15.9 Å². The normalized spacial score (nSPS) is 17.1. The molecule has 0 amide bonds. The number of hydrogen-bond acceptors (Lipinski definition) is 3. The summed E-state index contributed by atoms with van der Waals surface area (Å²) in [6.45, 7) is 0.479. The van der Waals surface area contributed by atoms with Crippen LogP contribution in [0.1, 0.15) is 18.4 Å². The third-order valence-corrected chi connectivity index (χ3v) is 3.62. The van der Waals surface area contributed by atoms with E-state index in [1.165, 1.54) is 12.1 Å². The van der Waals surface area contributed by atoms with Gasteiger partial charge < -0.3 is 5.73 Å². The van der Waals surface area contributed by atoms with Gasteiger partial charge in [0.1, 0.15) is 0 Å². The Balaban J connectivity index is 2.05. The van der Waals surface area contributed by atoms with E-state index in [0.717, 1.165) is 18.4 Å². The first-order valence-electron chi connectivity index (χ1n) is 5.38. The van der Waals surface area contributed by atoms with Crippen molar-refractivity contribution in [3.63, 3.8) is 0 Å². The summed E-state index contributed by atoms with van der Waals surface area (Å²) in [6, 6.07) is 6.36. The largest absolute Gasteiger partial charge is 0.387 e. The van der Waals surface area contributed by atoms with Crippen molar-refractivity contribution in [3.8, 4) is 0 Å². The third-order valence-electron chi connectivity index (χ3n) is 2.69. The molecule has 1 aromatic rings. The van der Waals surface area contributed by atoms with Gasteiger partial charge in [-0.15, -0.1) is 0 Å². The Morgan fingerprint density at radius 2 is 1.88 bits per heavy atom. The van der Waals surface area contributed by atoms with E-state index in [4.69, 9.17) is 10.9 Å². The number of nitrogens with zero attached hydrogens (tertiary/aromatic N) is 1. The van der Waals surface area contributed by atoms with Crippen molar-refractivity contribution in [2.24, 2.45) is 21.8 Å². The van der Waals surface area contributed by atoms with E-state index in [1.54, 1.807) is 12.1 Å². The van der Waals surface area contributed by atoms with E-state index >= 15 is 0 Å². The minimum absolute atomic E-state index is 0.111. The molecule has 1 saturated carbocycles. The summed E-state index contributed by atoms with van der Waals surface area (Å²) in [4.78, 5) is 4.37. The van der Waals surface area contributed by atoms with Crippen LogP contribution in [-0.4, -0.2) is 14.3 Å². The molecule has 0 bridgehead atoms. The van der Waals surface area contributed by atoms with Gasteiger partial charge in [-0.05, 0) is 30.5 Å². The fourth-order valence-electron chi connectivity index (χ4n) is 1.48. The van der Waals surface area contributed by atoms with Crippen LogP contribution in [0.25, 0.3) is 0 Å². The predicted octanol–water partition coefficient (Wildman–Crippen LogP) is 0.601. The molecule has 0 atom stereocenters. The van der Waals surface area contributed by atoms with Crippen molar-refractivity contribution in [2.75, 3.05) is 0 Å². The molecule has 1 fully saturated rings. The van der Waals surface area contributed by atoms with Crippen molar-refractivity contribution in [1.82, 2.24) is 0 Å². The summed E-state index contributed by atoms with van der Waals surface area (Å²) in [5.74, 6) is 1.15. The number of aliphatic imine (C=N–C) groups is 1. The maximum absolute atomic E-state index is 11.0. The molecule has 92 valence electrons. The van der Waals surface area contributed by atoms with E-state index < -0.39 is 10.0 Å². The van der Waals surface area contributed by atoms with Crippen LogP contribution in [0.2, 0.25) is 0 Å². The van der Waals surface area contributed by atoms with Gasteiger partial charge in [0.2, 0.25) is 10.0 Å². The molecule has 0 aliphatic heterocycles. The van der Waals surface area contributed by atoms with Crippen LogP contribution in [0.4, 0.5) is 0 Å². The van der Waals surface area contributed by atoms with Crippen molar-refractivity contribution in [2.45, 2.75) is 24.3 Å². The average Bonchev–Trinajstić information content (AvgIpc) is 3.09. The maximum atomic E-state index is 11.0. The summed E-state index contributed by atoms with van der Waals surface area (Å²) in [5, 5.41) is 5.00. The molecule has 0 heterocycles. The molecular weight excluding hydrogens is 238 g/mol. The molecule has 4 N–H and O–H groups in total. The molecule has 17 heavy (non-hydrogen) atoms. The fourth-order valence-corrected chi connectivity index (χ4v) is 1.99. The molecule has 0 saturated heterocycles. The van der Waals surface area contributed by atoms with Crippen LogP contribution in [0.3, 0.4) is 0 Å². The zero-order chi connectivity index (χ0) is 12.5. The summed E-state index contributed by atoms with van der Waals surface area (Å²) >= 11 is 0. The number of nitrogens with two attached hydrogens (primary N) is 2. The van der Waals surface area contributed by atoms with Crippen molar-refractivity contribution in [3.05, 3.63) is 29.8 Å². The van der Waals surface area contributed by atoms with Gasteiger partial charge in [-0.3, -0.25) is 4.99 Å². The van der Waals surface area contributed by atoms with Gasteiger partial charge in [-0.2, -0.15) is 0 Å². The first kappa shape index (κ1) is 12.1. The number of rotatable bonds is 4. The Hall–Kier alpha value is -1.40. The standard InChI is InChI=1S/C11H15N3O2S/c12-11(9-3-4-9)14-7-8-1-5-10(6-2-8)17(13,15)16/h1-2,5-6,9H,3-4,7H2,(H2,12,14)(H2,13,15,16). The van der Waals surface area contributed by atoms with E-state index in [9.17, 15) is 8.42 Å². The third kappa shape index (κ3) is 3.28. The van der Waals surface area contributed by atoms with Crippen LogP contribution >= 0.6 is 0 Å². The lowest BCUT2D eigenvalue weighted by Crippen LogP contribution is -2.14. The van der Waals surface area contributed by atoms with Gasteiger partial charge in [0.15, 0.2) is 0 Å². The smallest absolute Gasteiger partial charge is 0.238 e. The molecule has 2 rings (SSSR count). The zero-order valence-electron chi connectivity index (χ0n) is 9.33. The summed E-state index contributed by atoms with van der Waals surface area (Å²) in [5.41, 5.74) is 6.68. The summed E-state index contributed by atoms with van der Waals surface area (Å²) < 4.78 is 22.1. The second kappa shape index (κ2) is 4.46. The molecule has 0 spiro atoms. The molecular formula is C11H15N3O2S. The van der Waals surface area contributed by atoms with Crippen molar-refractivity contribution in [1.29, 1.82) is 0 Å². The number of sulfonamides is 1. The van der Waals surface area contributed by atoms with Crippen LogP contribution < -0.4 is 10.9 Å². The topological polar surface area (TPSA) is 98.5 Å². The Kier molecular flexibility index (Phi) is 3.17. The Labute approximate surface area is 101 Å². The lowest BCUT2D eigenvalue weighted by Gasteiger charge is -2.01. The minimum Gasteiger partial charge on any atom is -0.387 e. The lowest BCUT2D eigenvalue weighted by molar-refractivity contribution is 0.598. The van der Waals surface area contributed by atoms with Gasteiger partial charge in [0, 0.05) is 5.92 Å². The Morgan fingerprint density at radius 3 is 2.35 bits per heavy atom. The first-order chi connectivity index (χ1) is 7.97. The second-order valence-electron chi connectivity index (χ2n) is 4.20. The number of hydrogen-bond donors (Lipinski definition) is 2. The Morgan fingerprint density at radius 1 is 1.29 bits per heavy atom. The van der Waals surface area contributed by atoms with E-state index in [0.29, 0.717) is 18.3 Å². The Bertz CT molecular complexity index is 530. The van der Waals surface area contributed by atoms with Gasteiger partial charge in [0.05, 0.1) is 17.3 Å². The summed E-state index contributed by atoms with van der Waals surface area (Å²) in [7, 11) is -3.61. The molecule has 1 aliphatic rings. The van der Waals surface area contributed by atoms with E-state index in [1.807, 2.05) is 0 Å². The quantitative estimate of drug-likeness (QED) is 0.607. The molecule has 0 aromatic heterocycles. The van der Waals surface area contributed by atoms with Crippen LogP contribution in [0.5, 0.6) is 0 Å². The highest BCUT2D eigenvalue weighted by Crippen LogP contribution is 2.28. The van der Waals surface area contributed by atoms with Gasteiger partial charge in [-0.25, -0.2) is 13.6 Å². The van der Waals surface area contributed by atoms with Crippen LogP contribution in [0.15, 0.2) is 34.2 Å². The highest BCUT2D eigenvalue weighted by molar-refractivity contribution is 7.89. The monoisotopic (exact) mass is 253 g/mol. The number of primary sulfonamides is 1. The van der Waals surface area contributed by atoms with Gasteiger partial charge in [-0.1, -0.05) is 12.1 Å². The molecule has 6 heteroatoms. The second-order valence-corrected chi connectivity index (χ2v) is 5.77. The number of benzene rings is 1. The fraction of sp³-hybridized carbons (Fsp3) is 0.364. The first-order valence-corrected chi connectivity index (χ1v) is 6.93. The molecule has 0 radical (unpaired) electrons. The molecule has 5 nitrogen and oxygen atoms in total. The van der Waals surface area contributed by atoms with Gasteiger partial charge >= 0.3 is 0 Å². The van der Waals surface area contributed by atoms with Gasteiger partial charge in [0.25, 0.3) is 0 Å². The van der Waals surface area contributed by atoms with E-state index in [-0.39, 0.29) is 4.90 Å². The zero-order valence-corrected chi connectivity index (χ0v) is 10.2. The minimum atomic E-state index is -3.61. The molecule has 0 unspecified atom stereocenters. The maximum Gasteiger partial charge on any atom is 0.238 e.